The lowest BCUT2D eigenvalue weighted by Crippen LogP contribution is -2.21. The van der Waals surface area contributed by atoms with E-state index in [-0.39, 0.29) is 22.4 Å². The Hall–Kier alpha value is -3.98. The molecule has 0 bridgehead atoms. The predicted molar refractivity (Wildman–Crippen MR) is 115 cm³/mol. The number of carbonyl (C=O) groups is 4. The van der Waals surface area contributed by atoms with Gasteiger partial charge in [-0.1, -0.05) is 11.6 Å². The highest BCUT2D eigenvalue weighted by Gasteiger charge is 2.16. The van der Waals surface area contributed by atoms with Crippen LogP contribution in [0.2, 0.25) is 5.15 Å². The van der Waals surface area contributed by atoms with E-state index in [2.05, 4.69) is 19.8 Å². The fraction of sp³-hybridized carbons (Fsp3) is 0.136. The number of nitrogens with one attached hydrogen (secondary N) is 1. The SMILES string of the molecule is COC(=O)c1cc(NC(=O)COC(=O)c2ccc3nc(Cl)ccc3c2)cc(C(=O)OC)c1. The van der Waals surface area contributed by atoms with Crippen molar-refractivity contribution in [1.82, 2.24) is 4.98 Å². The summed E-state index contributed by atoms with van der Waals surface area (Å²) in [4.78, 5) is 52.4. The lowest BCUT2D eigenvalue weighted by atomic mass is 10.1. The molecule has 0 saturated heterocycles. The number of amides is 1. The Morgan fingerprint density at radius 1 is 0.844 bits per heavy atom. The summed E-state index contributed by atoms with van der Waals surface area (Å²) in [5.41, 5.74) is 1.04. The summed E-state index contributed by atoms with van der Waals surface area (Å²) >= 11 is 5.84. The molecule has 164 valence electrons. The minimum absolute atomic E-state index is 0.0348. The maximum absolute atomic E-state index is 12.3. The average molecular weight is 457 g/mol. The summed E-state index contributed by atoms with van der Waals surface area (Å²) in [5.74, 6) is -2.80. The van der Waals surface area contributed by atoms with Crippen LogP contribution in [-0.4, -0.2) is 49.6 Å². The van der Waals surface area contributed by atoms with Gasteiger partial charge in [-0.15, -0.1) is 0 Å². The molecule has 10 heteroatoms. The third-order valence-electron chi connectivity index (χ3n) is 4.28. The van der Waals surface area contributed by atoms with Gasteiger partial charge in [0.2, 0.25) is 0 Å². The number of fused-ring (bicyclic) bond motifs is 1. The largest absolute Gasteiger partial charge is 0.465 e. The van der Waals surface area contributed by atoms with Crippen molar-refractivity contribution in [3.63, 3.8) is 0 Å². The van der Waals surface area contributed by atoms with Gasteiger partial charge in [-0.2, -0.15) is 0 Å². The number of rotatable bonds is 6. The molecule has 3 aromatic rings. The molecule has 0 saturated carbocycles. The third-order valence-corrected chi connectivity index (χ3v) is 4.49. The Morgan fingerprint density at radius 3 is 2.12 bits per heavy atom. The number of nitrogens with zero attached hydrogens (tertiary/aromatic N) is 1. The second-order valence-corrected chi connectivity index (χ2v) is 6.84. The molecule has 0 atom stereocenters. The summed E-state index contributed by atoms with van der Waals surface area (Å²) in [6.07, 6.45) is 0. The maximum Gasteiger partial charge on any atom is 0.338 e. The Labute approximate surface area is 187 Å². The number of pyridine rings is 1. The van der Waals surface area contributed by atoms with E-state index in [1.165, 1.54) is 38.5 Å². The van der Waals surface area contributed by atoms with Crippen molar-refractivity contribution in [2.24, 2.45) is 0 Å². The fourth-order valence-corrected chi connectivity index (χ4v) is 2.96. The van der Waals surface area contributed by atoms with Crippen LogP contribution in [0.25, 0.3) is 10.9 Å². The van der Waals surface area contributed by atoms with Gasteiger partial charge in [0, 0.05) is 11.1 Å². The summed E-state index contributed by atoms with van der Waals surface area (Å²) in [7, 11) is 2.37. The average Bonchev–Trinajstić information content (AvgIpc) is 2.80. The summed E-state index contributed by atoms with van der Waals surface area (Å²) in [6, 6.07) is 11.9. The summed E-state index contributed by atoms with van der Waals surface area (Å²) < 4.78 is 14.3. The van der Waals surface area contributed by atoms with Crippen molar-refractivity contribution < 1.29 is 33.4 Å². The second kappa shape index (κ2) is 9.88. The number of hydrogen-bond donors (Lipinski definition) is 1. The molecule has 32 heavy (non-hydrogen) atoms. The fourth-order valence-electron chi connectivity index (χ4n) is 2.81. The highest BCUT2D eigenvalue weighted by molar-refractivity contribution is 6.29. The number of anilines is 1. The molecule has 3 rings (SSSR count). The van der Waals surface area contributed by atoms with Gasteiger partial charge in [0.25, 0.3) is 5.91 Å². The maximum atomic E-state index is 12.3. The normalized spacial score (nSPS) is 10.3. The standard InChI is InChI=1S/C22H17ClN2O7/c1-30-20(27)14-8-15(21(28)31-2)10-16(9-14)24-19(26)11-32-22(29)13-3-5-17-12(7-13)4-6-18(23)25-17/h3-10H,11H2,1-2H3,(H,24,26). The number of carbonyl (C=O) groups excluding carboxylic acids is 4. The lowest BCUT2D eigenvalue weighted by Gasteiger charge is -2.10. The van der Waals surface area contributed by atoms with E-state index >= 15 is 0 Å². The van der Waals surface area contributed by atoms with Gasteiger partial charge in [0.15, 0.2) is 6.61 Å². The van der Waals surface area contributed by atoms with E-state index in [9.17, 15) is 19.2 Å². The van der Waals surface area contributed by atoms with Crippen LogP contribution < -0.4 is 5.32 Å². The molecule has 0 aliphatic carbocycles. The molecule has 1 heterocycles. The minimum Gasteiger partial charge on any atom is -0.465 e. The smallest absolute Gasteiger partial charge is 0.338 e. The van der Waals surface area contributed by atoms with Gasteiger partial charge in [0.1, 0.15) is 5.15 Å². The van der Waals surface area contributed by atoms with Gasteiger partial charge >= 0.3 is 17.9 Å². The first-order valence-corrected chi connectivity index (χ1v) is 9.53. The first-order chi connectivity index (χ1) is 15.3. The zero-order valence-electron chi connectivity index (χ0n) is 17.0. The van der Waals surface area contributed by atoms with Crippen LogP contribution in [0.15, 0.2) is 48.5 Å². The number of halogens is 1. The van der Waals surface area contributed by atoms with Gasteiger partial charge in [0.05, 0.1) is 36.4 Å². The zero-order valence-corrected chi connectivity index (χ0v) is 17.8. The molecular formula is C22H17ClN2O7. The molecule has 0 unspecified atom stereocenters. The van der Waals surface area contributed by atoms with Crippen LogP contribution >= 0.6 is 11.6 Å². The summed E-state index contributed by atoms with van der Waals surface area (Å²) in [5, 5.41) is 3.48. The van der Waals surface area contributed by atoms with Gasteiger partial charge in [-0.25, -0.2) is 19.4 Å². The van der Waals surface area contributed by atoms with E-state index in [0.29, 0.717) is 16.1 Å². The number of benzene rings is 2. The Kier molecular flexibility index (Phi) is 7.01. The molecule has 1 amide bonds. The predicted octanol–water partition coefficient (Wildman–Crippen LogP) is 3.26. The molecule has 1 aromatic heterocycles. The van der Waals surface area contributed by atoms with Crippen molar-refractivity contribution >= 4 is 52.0 Å². The Bertz CT molecular complexity index is 1190. The van der Waals surface area contributed by atoms with Gasteiger partial charge < -0.3 is 19.5 Å². The summed E-state index contributed by atoms with van der Waals surface area (Å²) in [6.45, 7) is -0.592. The van der Waals surface area contributed by atoms with E-state index < -0.39 is 30.4 Å². The van der Waals surface area contributed by atoms with Gasteiger partial charge in [-0.3, -0.25) is 4.79 Å². The molecular weight excluding hydrogens is 440 g/mol. The van der Waals surface area contributed by atoms with Crippen molar-refractivity contribution in [1.29, 1.82) is 0 Å². The molecule has 0 aliphatic heterocycles. The highest BCUT2D eigenvalue weighted by Crippen LogP contribution is 2.19. The van der Waals surface area contributed by atoms with Crippen LogP contribution in [0.5, 0.6) is 0 Å². The quantitative estimate of drug-likeness (QED) is 0.341. The molecule has 1 N–H and O–H groups in total. The third kappa shape index (κ3) is 5.38. The number of esters is 3. The number of aromatic nitrogens is 1. The number of methoxy groups -OCH3 is 2. The lowest BCUT2D eigenvalue weighted by molar-refractivity contribution is -0.119. The van der Waals surface area contributed by atoms with Crippen LogP contribution in [0.3, 0.4) is 0 Å². The van der Waals surface area contributed by atoms with Crippen molar-refractivity contribution in [2.75, 3.05) is 26.1 Å². The van der Waals surface area contributed by atoms with Crippen LogP contribution in [0, 0.1) is 0 Å². The molecule has 0 fully saturated rings. The molecule has 2 aromatic carbocycles. The Morgan fingerprint density at radius 2 is 1.50 bits per heavy atom. The molecule has 0 aliphatic rings. The first-order valence-electron chi connectivity index (χ1n) is 9.15. The molecule has 0 spiro atoms. The van der Waals surface area contributed by atoms with E-state index in [0.717, 1.165) is 0 Å². The van der Waals surface area contributed by atoms with Crippen LogP contribution in [-0.2, 0) is 19.0 Å². The number of hydrogen-bond acceptors (Lipinski definition) is 8. The van der Waals surface area contributed by atoms with E-state index in [4.69, 9.17) is 16.3 Å². The second-order valence-electron chi connectivity index (χ2n) is 6.45. The zero-order chi connectivity index (χ0) is 23.3. The number of ether oxygens (including phenoxy) is 3. The minimum atomic E-state index is -0.712. The highest BCUT2D eigenvalue weighted by atomic mass is 35.5. The van der Waals surface area contributed by atoms with Crippen molar-refractivity contribution in [3.8, 4) is 0 Å². The van der Waals surface area contributed by atoms with Crippen molar-refractivity contribution in [3.05, 3.63) is 70.4 Å². The topological polar surface area (TPSA) is 121 Å². The molecule has 9 nitrogen and oxygen atoms in total. The van der Waals surface area contributed by atoms with Crippen LogP contribution in [0.1, 0.15) is 31.1 Å². The monoisotopic (exact) mass is 456 g/mol. The van der Waals surface area contributed by atoms with E-state index in [1.54, 1.807) is 24.3 Å². The molecule has 0 radical (unpaired) electrons. The van der Waals surface area contributed by atoms with Crippen molar-refractivity contribution in [2.45, 2.75) is 0 Å². The van der Waals surface area contributed by atoms with Gasteiger partial charge in [-0.05, 0) is 48.5 Å². The Balaban J connectivity index is 1.69. The van der Waals surface area contributed by atoms with Crippen LogP contribution in [0.4, 0.5) is 5.69 Å². The first kappa shape index (κ1) is 22.7. The van der Waals surface area contributed by atoms with E-state index in [1.807, 2.05) is 0 Å².